The number of carbonyl (C=O) groups is 1. The number of aliphatic carboxylic acids is 1. The molecule has 0 unspecified atom stereocenters. The van der Waals surface area contributed by atoms with Crippen molar-refractivity contribution in [3.05, 3.63) is 29.2 Å². The van der Waals surface area contributed by atoms with E-state index in [2.05, 4.69) is 10.5 Å². The minimum atomic E-state index is -0.844. The average molecular weight is 194 g/mol. The number of carboxylic acid groups (broad SMARTS) is 1. The van der Waals surface area contributed by atoms with Crippen LogP contribution in [0.5, 0.6) is 0 Å². The third-order valence-electron chi connectivity index (χ3n) is 1.64. The van der Waals surface area contributed by atoms with Crippen LogP contribution in [0.3, 0.4) is 0 Å². The van der Waals surface area contributed by atoms with Crippen LogP contribution < -0.4 is 5.32 Å². The Morgan fingerprint density at radius 3 is 2.50 bits per heavy atom. The summed E-state index contributed by atoms with van der Waals surface area (Å²) in [7, 11) is 0. The Labute approximate surface area is 80.7 Å². The molecule has 0 saturated carbocycles. The van der Waals surface area contributed by atoms with Gasteiger partial charge in [-0.2, -0.15) is 0 Å². The molecule has 0 spiro atoms. The smallest absolute Gasteiger partial charge is 0.305 e. The molecule has 0 aromatic heterocycles. The van der Waals surface area contributed by atoms with E-state index in [0.717, 1.165) is 5.69 Å². The molecule has 0 fully saturated rings. The number of nitroso groups, excluding NO2 is 1. The fourth-order valence-electron chi connectivity index (χ4n) is 0.954. The van der Waals surface area contributed by atoms with Gasteiger partial charge in [-0.1, -0.05) is 0 Å². The van der Waals surface area contributed by atoms with Crippen LogP contribution in [0.15, 0.2) is 29.4 Å². The van der Waals surface area contributed by atoms with Crippen molar-refractivity contribution in [2.75, 3.05) is 11.9 Å². The van der Waals surface area contributed by atoms with Gasteiger partial charge in [0, 0.05) is 12.2 Å². The molecule has 1 aromatic carbocycles. The van der Waals surface area contributed by atoms with E-state index in [4.69, 9.17) is 5.11 Å². The van der Waals surface area contributed by atoms with Gasteiger partial charge in [-0.3, -0.25) is 4.79 Å². The summed E-state index contributed by atoms with van der Waals surface area (Å²) in [5, 5.41) is 14.0. The number of carboxylic acids is 1. The summed E-state index contributed by atoms with van der Waals surface area (Å²) in [5.41, 5.74) is 1.13. The number of anilines is 1. The van der Waals surface area contributed by atoms with Gasteiger partial charge in [-0.15, -0.1) is 4.91 Å². The van der Waals surface area contributed by atoms with Crippen LogP contribution in [0.4, 0.5) is 11.4 Å². The molecule has 1 rings (SSSR count). The Bertz CT molecular complexity index is 321. The highest BCUT2D eigenvalue weighted by atomic mass is 16.4. The number of benzene rings is 1. The lowest BCUT2D eigenvalue weighted by atomic mass is 10.3. The van der Waals surface area contributed by atoms with Gasteiger partial charge in [0.15, 0.2) is 0 Å². The Balaban J connectivity index is 2.43. The normalized spacial score (nSPS) is 9.43. The third-order valence-corrected chi connectivity index (χ3v) is 1.64. The highest BCUT2D eigenvalue weighted by Gasteiger charge is 1.96. The topological polar surface area (TPSA) is 78.8 Å². The van der Waals surface area contributed by atoms with E-state index in [0.29, 0.717) is 12.2 Å². The summed E-state index contributed by atoms with van der Waals surface area (Å²) in [6.07, 6.45) is 0.0632. The fraction of sp³-hybridized carbons (Fsp3) is 0.222. The van der Waals surface area contributed by atoms with Gasteiger partial charge in [0.1, 0.15) is 5.69 Å². The predicted octanol–water partition coefficient (Wildman–Crippen LogP) is 1.97. The van der Waals surface area contributed by atoms with Gasteiger partial charge in [-0.25, -0.2) is 0 Å². The molecule has 0 radical (unpaired) electrons. The van der Waals surface area contributed by atoms with Crippen molar-refractivity contribution in [3.63, 3.8) is 0 Å². The molecule has 74 valence electrons. The molecule has 14 heavy (non-hydrogen) atoms. The molecule has 0 amide bonds. The van der Waals surface area contributed by atoms with Crippen molar-refractivity contribution >= 4 is 17.3 Å². The summed E-state index contributed by atoms with van der Waals surface area (Å²) in [4.78, 5) is 20.3. The van der Waals surface area contributed by atoms with Crippen molar-refractivity contribution in [1.29, 1.82) is 0 Å². The average Bonchev–Trinajstić information content (AvgIpc) is 2.18. The van der Waals surface area contributed by atoms with E-state index < -0.39 is 5.97 Å². The zero-order valence-electron chi connectivity index (χ0n) is 7.43. The Hall–Kier alpha value is -1.91. The van der Waals surface area contributed by atoms with E-state index in [1.807, 2.05) is 0 Å². The molecule has 0 heterocycles. The molecule has 5 heteroatoms. The van der Waals surface area contributed by atoms with Crippen LogP contribution in [0.25, 0.3) is 0 Å². The maximum absolute atomic E-state index is 10.2. The Kier molecular flexibility index (Phi) is 3.60. The van der Waals surface area contributed by atoms with Crippen LogP contribution >= 0.6 is 0 Å². The van der Waals surface area contributed by atoms with Gasteiger partial charge in [0.2, 0.25) is 0 Å². The molecular weight excluding hydrogens is 184 g/mol. The van der Waals surface area contributed by atoms with E-state index >= 15 is 0 Å². The summed E-state index contributed by atoms with van der Waals surface area (Å²) < 4.78 is 0. The molecule has 2 N–H and O–H groups in total. The van der Waals surface area contributed by atoms with Crippen LogP contribution in [0, 0.1) is 4.91 Å². The minimum absolute atomic E-state index is 0.0632. The van der Waals surface area contributed by atoms with Crippen LogP contribution in [-0.2, 0) is 4.79 Å². The lowest BCUT2D eigenvalue weighted by molar-refractivity contribution is -0.136. The SMILES string of the molecule is O=Nc1ccc(NCCC(=O)O)cc1. The molecule has 1 aromatic rings. The van der Waals surface area contributed by atoms with Crippen LogP contribution in [-0.4, -0.2) is 17.6 Å². The Morgan fingerprint density at radius 2 is 2.00 bits per heavy atom. The first-order chi connectivity index (χ1) is 6.72. The van der Waals surface area contributed by atoms with Crippen molar-refractivity contribution in [2.24, 2.45) is 5.18 Å². The first-order valence-electron chi connectivity index (χ1n) is 4.11. The van der Waals surface area contributed by atoms with Crippen molar-refractivity contribution < 1.29 is 9.90 Å². The second-order valence-corrected chi connectivity index (χ2v) is 2.71. The number of rotatable bonds is 5. The summed E-state index contributed by atoms with van der Waals surface area (Å²) in [5.74, 6) is -0.844. The third kappa shape index (κ3) is 3.22. The second-order valence-electron chi connectivity index (χ2n) is 2.71. The van der Waals surface area contributed by atoms with Gasteiger partial charge < -0.3 is 10.4 Å². The number of nitrogens with one attached hydrogen (secondary N) is 1. The lowest BCUT2D eigenvalue weighted by Crippen LogP contribution is -2.07. The van der Waals surface area contributed by atoms with E-state index in [-0.39, 0.29) is 6.42 Å². The molecule has 0 bridgehead atoms. The summed E-state index contributed by atoms with van der Waals surface area (Å²) in [6, 6.07) is 6.49. The molecule has 0 saturated heterocycles. The number of hydrogen-bond acceptors (Lipinski definition) is 4. The Morgan fingerprint density at radius 1 is 1.36 bits per heavy atom. The van der Waals surface area contributed by atoms with Crippen LogP contribution in [0.1, 0.15) is 6.42 Å². The molecule has 5 nitrogen and oxygen atoms in total. The molecule has 0 atom stereocenters. The van der Waals surface area contributed by atoms with Crippen LogP contribution in [0.2, 0.25) is 0 Å². The maximum Gasteiger partial charge on any atom is 0.305 e. The summed E-state index contributed by atoms with van der Waals surface area (Å²) >= 11 is 0. The minimum Gasteiger partial charge on any atom is -0.481 e. The van der Waals surface area contributed by atoms with Gasteiger partial charge in [0.25, 0.3) is 0 Å². The summed E-state index contributed by atoms with van der Waals surface area (Å²) in [6.45, 7) is 0.364. The maximum atomic E-state index is 10.2. The van der Waals surface area contributed by atoms with Crippen molar-refractivity contribution in [2.45, 2.75) is 6.42 Å². The highest BCUT2D eigenvalue weighted by Crippen LogP contribution is 2.15. The molecule has 0 aliphatic rings. The van der Waals surface area contributed by atoms with E-state index in [1.165, 1.54) is 0 Å². The molecular formula is C9H10N2O3. The van der Waals surface area contributed by atoms with Gasteiger partial charge in [0.05, 0.1) is 6.42 Å². The van der Waals surface area contributed by atoms with E-state index in [9.17, 15) is 9.70 Å². The van der Waals surface area contributed by atoms with Gasteiger partial charge in [-0.05, 0) is 29.4 Å². The zero-order valence-corrected chi connectivity index (χ0v) is 7.43. The standard InChI is InChI=1S/C9H10N2O3/c12-9(13)5-6-10-7-1-3-8(11-14)4-2-7/h1-4,10H,5-6H2,(H,12,13). The van der Waals surface area contributed by atoms with E-state index in [1.54, 1.807) is 24.3 Å². The quantitative estimate of drug-likeness (QED) is 0.702. The number of hydrogen-bond donors (Lipinski definition) is 2. The van der Waals surface area contributed by atoms with Gasteiger partial charge >= 0.3 is 5.97 Å². The lowest BCUT2D eigenvalue weighted by Gasteiger charge is -2.03. The first-order valence-corrected chi connectivity index (χ1v) is 4.11. The predicted molar refractivity (Wildman–Crippen MR) is 52.6 cm³/mol. The first kappa shape index (κ1) is 10.2. The molecule has 0 aliphatic carbocycles. The fourth-order valence-corrected chi connectivity index (χ4v) is 0.954. The zero-order chi connectivity index (χ0) is 10.4. The second kappa shape index (κ2) is 4.96. The molecule has 0 aliphatic heterocycles. The largest absolute Gasteiger partial charge is 0.481 e. The van der Waals surface area contributed by atoms with Crippen molar-refractivity contribution in [1.82, 2.24) is 0 Å². The highest BCUT2D eigenvalue weighted by molar-refractivity contribution is 5.67. The number of nitrogens with zero attached hydrogens (tertiary/aromatic N) is 1. The van der Waals surface area contributed by atoms with Crippen molar-refractivity contribution in [3.8, 4) is 0 Å². The monoisotopic (exact) mass is 194 g/mol.